The Morgan fingerprint density at radius 1 is 1.26 bits per heavy atom. The summed E-state index contributed by atoms with van der Waals surface area (Å²) in [7, 11) is 1.89. The molecule has 0 saturated heterocycles. The van der Waals surface area contributed by atoms with Crippen LogP contribution in [0.4, 0.5) is 0 Å². The van der Waals surface area contributed by atoms with Gasteiger partial charge in [0.2, 0.25) is 0 Å². The van der Waals surface area contributed by atoms with E-state index in [2.05, 4.69) is 5.10 Å². The van der Waals surface area contributed by atoms with Crippen LogP contribution in [0.5, 0.6) is 5.75 Å². The van der Waals surface area contributed by atoms with Crippen molar-refractivity contribution in [1.82, 2.24) is 9.78 Å². The van der Waals surface area contributed by atoms with E-state index in [0.717, 1.165) is 28.3 Å². The summed E-state index contributed by atoms with van der Waals surface area (Å²) in [5.41, 5.74) is 3.58. The van der Waals surface area contributed by atoms with E-state index in [-0.39, 0.29) is 0 Å². The van der Waals surface area contributed by atoms with Crippen molar-refractivity contribution in [3.8, 4) is 5.75 Å². The van der Waals surface area contributed by atoms with Gasteiger partial charge in [-0.2, -0.15) is 5.10 Å². The Hall–Kier alpha value is -1.81. The van der Waals surface area contributed by atoms with Crippen LogP contribution in [0.3, 0.4) is 0 Å². The molecule has 1 unspecified atom stereocenters. The Morgan fingerprint density at radius 3 is 2.37 bits per heavy atom. The van der Waals surface area contributed by atoms with E-state index in [4.69, 9.17) is 4.74 Å². The van der Waals surface area contributed by atoms with Crippen LogP contribution in [0.15, 0.2) is 24.3 Å². The second-order valence-corrected chi connectivity index (χ2v) is 4.61. The average Bonchev–Trinajstić information content (AvgIpc) is 2.64. The highest BCUT2D eigenvalue weighted by Crippen LogP contribution is 2.28. The molecule has 0 radical (unpaired) electrons. The summed E-state index contributed by atoms with van der Waals surface area (Å²) in [5, 5.41) is 14.8. The van der Waals surface area contributed by atoms with Crippen molar-refractivity contribution in [2.45, 2.75) is 26.9 Å². The highest BCUT2D eigenvalue weighted by atomic mass is 16.5. The lowest BCUT2D eigenvalue weighted by Gasteiger charge is -2.13. The van der Waals surface area contributed by atoms with E-state index < -0.39 is 6.10 Å². The lowest BCUT2D eigenvalue weighted by atomic mass is 10.00. The van der Waals surface area contributed by atoms with Crippen LogP contribution in [-0.2, 0) is 7.05 Å². The van der Waals surface area contributed by atoms with Crippen molar-refractivity contribution in [3.63, 3.8) is 0 Å². The van der Waals surface area contributed by atoms with Crippen LogP contribution in [0.2, 0.25) is 0 Å². The second kappa shape index (κ2) is 5.45. The third kappa shape index (κ3) is 2.63. The van der Waals surface area contributed by atoms with Crippen molar-refractivity contribution in [3.05, 3.63) is 46.8 Å². The molecular formula is C15H20N2O2. The fraction of sp³-hybridized carbons (Fsp3) is 0.400. The zero-order valence-corrected chi connectivity index (χ0v) is 11.8. The second-order valence-electron chi connectivity index (χ2n) is 4.61. The number of benzene rings is 1. The van der Waals surface area contributed by atoms with E-state index in [9.17, 15) is 5.11 Å². The summed E-state index contributed by atoms with van der Waals surface area (Å²) in [5.74, 6) is 0.818. The van der Waals surface area contributed by atoms with Gasteiger partial charge in [-0.1, -0.05) is 12.1 Å². The molecule has 0 aliphatic heterocycles. The molecule has 1 aromatic heterocycles. The summed E-state index contributed by atoms with van der Waals surface area (Å²) in [6, 6.07) is 7.54. The molecule has 1 aromatic carbocycles. The molecule has 19 heavy (non-hydrogen) atoms. The molecule has 0 fully saturated rings. The molecule has 4 heteroatoms. The van der Waals surface area contributed by atoms with Gasteiger partial charge < -0.3 is 9.84 Å². The predicted molar refractivity (Wildman–Crippen MR) is 74.4 cm³/mol. The molecule has 0 saturated carbocycles. The van der Waals surface area contributed by atoms with E-state index in [1.165, 1.54) is 0 Å². The maximum Gasteiger partial charge on any atom is 0.119 e. The molecule has 0 aliphatic rings. The van der Waals surface area contributed by atoms with Crippen LogP contribution >= 0.6 is 0 Å². The van der Waals surface area contributed by atoms with Crippen LogP contribution in [0, 0.1) is 13.8 Å². The fourth-order valence-corrected chi connectivity index (χ4v) is 2.27. The van der Waals surface area contributed by atoms with Gasteiger partial charge in [-0.05, 0) is 38.5 Å². The number of aryl methyl sites for hydroxylation is 2. The number of ether oxygens (including phenoxy) is 1. The SMILES string of the molecule is CCOc1ccc(C(O)c2c(C)nn(C)c2C)cc1. The van der Waals surface area contributed by atoms with Gasteiger partial charge in [-0.3, -0.25) is 4.68 Å². The maximum atomic E-state index is 10.5. The molecule has 4 nitrogen and oxygen atoms in total. The summed E-state index contributed by atoms with van der Waals surface area (Å²) < 4.78 is 7.19. The number of aliphatic hydroxyl groups is 1. The lowest BCUT2D eigenvalue weighted by molar-refractivity contribution is 0.218. The topological polar surface area (TPSA) is 47.3 Å². The van der Waals surface area contributed by atoms with E-state index in [0.29, 0.717) is 6.61 Å². The first-order valence-electron chi connectivity index (χ1n) is 6.45. The summed E-state index contributed by atoms with van der Waals surface area (Å²) in [6.45, 7) is 6.47. The molecule has 0 aliphatic carbocycles. The molecule has 102 valence electrons. The first-order chi connectivity index (χ1) is 9.04. The Balaban J connectivity index is 2.30. The van der Waals surface area contributed by atoms with E-state index >= 15 is 0 Å². The molecule has 2 aromatic rings. The molecule has 1 atom stereocenters. The lowest BCUT2D eigenvalue weighted by Crippen LogP contribution is -2.03. The molecule has 1 N–H and O–H groups in total. The fourth-order valence-electron chi connectivity index (χ4n) is 2.27. The van der Waals surface area contributed by atoms with Crippen molar-refractivity contribution in [2.75, 3.05) is 6.61 Å². The van der Waals surface area contributed by atoms with Crippen molar-refractivity contribution in [1.29, 1.82) is 0 Å². The minimum absolute atomic E-state index is 0.642. The molecule has 2 rings (SSSR count). The number of hydrogen-bond donors (Lipinski definition) is 1. The molecule has 0 spiro atoms. The van der Waals surface area contributed by atoms with Gasteiger partial charge in [0.15, 0.2) is 0 Å². The van der Waals surface area contributed by atoms with Gasteiger partial charge in [0.25, 0.3) is 0 Å². The molecule has 0 amide bonds. The predicted octanol–water partition coefficient (Wildman–Crippen LogP) is 2.52. The summed E-state index contributed by atoms with van der Waals surface area (Å²) >= 11 is 0. The number of aromatic nitrogens is 2. The highest BCUT2D eigenvalue weighted by Gasteiger charge is 2.19. The number of hydrogen-bond acceptors (Lipinski definition) is 3. The summed E-state index contributed by atoms with van der Waals surface area (Å²) in [4.78, 5) is 0. The first-order valence-corrected chi connectivity index (χ1v) is 6.45. The molecule has 0 bridgehead atoms. The molecular weight excluding hydrogens is 240 g/mol. The van der Waals surface area contributed by atoms with Crippen LogP contribution in [-0.4, -0.2) is 21.5 Å². The average molecular weight is 260 g/mol. The molecule has 1 heterocycles. The van der Waals surface area contributed by atoms with Crippen molar-refractivity contribution in [2.24, 2.45) is 7.05 Å². The largest absolute Gasteiger partial charge is 0.494 e. The van der Waals surface area contributed by atoms with Crippen molar-refractivity contribution < 1.29 is 9.84 Å². The Labute approximate surface area is 113 Å². The smallest absolute Gasteiger partial charge is 0.119 e. The third-order valence-corrected chi connectivity index (χ3v) is 3.35. The third-order valence-electron chi connectivity index (χ3n) is 3.35. The van der Waals surface area contributed by atoms with Crippen molar-refractivity contribution >= 4 is 0 Å². The Morgan fingerprint density at radius 2 is 1.89 bits per heavy atom. The highest BCUT2D eigenvalue weighted by molar-refractivity contribution is 5.37. The number of nitrogens with zero attached hydrogens (tertiary/aromatic N) is 2. The van der Waals surface area contributed by atoms with Gasteiger partial charge in [0.05, 0.1) is 12.3 Å². The standard InChI is InChI=1S/C15H20N2O2/c1-5-19-13-8-6-12(7-9-13)15(18)14-10(2)16-17(4)11(14)3/h6-9,15,18H,5H2,1-4H3. The van der Waals surface area contributed by atoms with Gasteiger partial charge in [0, 0.05) is 18.3 Å². The Kier molecular flexibility index (Phi) is 3.90. The zero-order valence-electron chi connectivity index (χ0n) is 11.8. The van der Waals surface area contributed by atoms with Gasteiger partial charge >= 0.3 is 0 Å². The first kappa shape index (κ1) is 13.6. The van der Waals surface area contributed by atoms with E-state index in [1.54, 1.807) is 4.68 Å². The van der Waals surface area contributed by atoms with Crippen LogP contribution in [0.25, 0.3) is 0 Å². The minimum Gasteiger partial charge on any atom is -0.494 e. The van der Waals surface area contributed by atoms with Gasteiger partial charge in [-0.15, -0.1) is 0 Å². The minimum atomic E-state index is -0.649. The summed E-state index contributed by atoms with van der Waals surface area (Å²) in [6.07, 6.45) is -0.649. The van der Waals surface area contributed by atoms with Crippen LogP contribution in [0.1, 0.15) is 35.5 Å². The van der Waals surface area contributed by atoms with Gasteiger partial charge in [0.1, 0.15) is 11.9 Å². The quantitative estimate of drug-likeness (QED) is 0.919. The zero-order chi connectivity index (χ0) is 14.0. The number of aliphatic hydroxyl groups excluding tert-OH is 1. The Bertz CT molecular complexity index is 558. The number of rotatable bonds is 4. The van der Waals surface area contributed by atoms with E-state index in [1.807, 2.05) is 52.1 Å². The monoisotopic (exact) mass is 260 g/mol. The van der Waals surface area contributed by atoms with Crippen LogP contribution < -0.4 is 4.74 Å². The maximum absolute atomic E-state index is 10.5. The van der Waals surface area contributed by atoms with Gasteiger partial charge in [-0.25, -0.2) is 0 Å². The normalized spacial score (nSPS) is 12.5.